The van der Waals surface area contributed by atoms with Gasteiger partial charge < -0.3 is 29.6 Å². The van der Waals surface area contributed by atoms with Gasteiger partial charge in [0.1, 0.15) is 12.9 Å². The molecule has 4 rings (SSSR count). The molecule has 0 unspecified atom stereocenters. The number of aromatic nitrogens is 4. The zero-order chi connectivity index (χ0) is 23.8. The third-order valence-corrected chi connectivity index (χ3v) is 4.71. The molecule has 0 aliphatic heterocycles. The molecule has 4 aromatic rings. The molecule has 0 fully saturated rings. The first-order chi connectivity index (χ1) is 16.7. The Bertz CT molecular complexity index is 1200. The van der Waals surface area contributed by atoms with Gasteiger partial charge in [-0.05, 0) is 11.6 Å². The highest BCUT2D eigenvalue weighted by atomic mass is 16.5. The lowest BCUT2D eigenvalue weighted by Crippen LogP contribution is -2.04. The number of nitrogens with zero attached hydrogens (tertiary/aromatic N) is 4. The molecule has 2 aromatic heterocycles. The van der Waals surface area contributed by atoms with Crippen molar-refractivity contribution in [3.8, 4) is 23.1 Å². The van der Waals surface area contributed by atoms with Crippen molar-refractivity contribution in [1.29, 1.82) is 0 Å². The van der Waals surface area contributed by atoms with Crippen molar-refractivity contribution in [3.63, 3.8) is 0 Å². The van der Waals surface area contributed by atoms with E-state index in [-0.39, 0.29) is 0 Å². The van der Waals surface area contributed by atoms with Gasteiger partial charge in [0.2, 0.25) is 23.5 Å². The van der Waals surface area contributed by atoms with Crippen LogP contribution in [0.2, 0.25) is 0 Å². The minimum atomic E-state index is 0.336. The van der Waals surface area contributed by atoms with Gasteiger partial charge in [-0.3, -0.25) is 0 Å². The van der Waals surface area contributed by atoms with Crippen LogP contribution in [0.5, 0.6) is 23.1 Å². The quantitative estimate of drug-likeness (QED) is 0.354. The smallest absolute Gasteiger partial charge is 0.232 e. The molecular weight excluding hydrogens is 436 g/mol. The van der Waals surface area contributed by atoms with E-state index < -0.39 is 0 Å². The monoisotopic (exact) mass is 460 g/mol. The third-order valence-electron chi connectivity index (χ3n) is 4.71. The predicted octanol–water partition coefficient (Wildman–Crippen LogP) is 4.36. The molecule has 0 aliphatic carbocycles. The molecule has 34 heavy (non-hydrogen) atoms. The zero-order valence-electron chi connectivity index (χ0n) is 19.0. The summed E-state index contributed by atoms with van der Waals surface area (Å²) in [5, 5.41) is 6.22. The molecule has 0 amide bonds. The molecule has 10 nitrogen and oxygen atoms in total. The number of anilines is 4. The molecule has 0 aliphatic rings. The molecule has 2 N–H and O–H groups in total. The maximum atomic E-state index is 5.72. The van der Waals surface area contributed by atoms with Gasteiger partial charge in [-0.2, -0.15) is 4.98 Å². The van der Waals surface area contributed by atoms with Gasteiger partial charge in [-0.1, -0.05) is 30.3 Å². The Morgan fingerprint density at radius 1 is 0.735 bits per heavy atom. The topological polar surface area (TPSA) is 113 Å². The van der Waals surface area contributed by atoms with E-state index in [0.29, 0.717) is 53.0 Å². The minimum Gasteiger partial charge on any atom is -0.493 e. The van der Waals surface area contributed by atoms with Crippen molar-refractivity contribution in [2.75, 3.05) is 32.0 Å². The van der Waals surface area contributed by atoms with E-state index in [1.807, 2.05) is 36.4 Å². The van der Waals surface area contributed by atoms with Crippen molar-refractivity contribution >= 4 is 23.3 Å². The van der Waals surface area contributed by atoms with E-state index in [1.54, 1.807) is 45.7 Å². The molecule has 0 spiro atoms. The van der Waals surface area contributed by atoms with E-state index in [9.17, 15) is 0 Å². The third kappa shape index (κ3) is 5.60. The van der Waals surface area contributed by atoms with E-state index in [1.165, 1.54) is 6.33 Å². The fourth-order valence-corrected chi connectivity index (χ4v) is 3.10. The van der Waals surface area contributed by atoms with E-state index in [0.717, 1.165) is 5.56 Å². The van der Waals surface area contributed by atoms with Crippen LogP contribution in [0.4, 0.5) is 23.3 Å². The SMILES string of the molecule is COc1cc(Nc2ncnc(Nc3ccc(OCc4ccccc4)nc3)n2)cc(OC)c1OC. The summed E-state index contributed by atoms with van der Waals surface area (Å²) in [6.07, 6.45) is 3.05. The van der Waals surface area contributed by atoms with Gasteiger partial charge >= 0.3 is 0 Å². The molecule has 0 saturated carbocycles. The van der Waals surface area contributed by atoms with Crippen LogP contribution in [-0.2, 0) is 6.61 Å². The van der Waals surface area contributed by atoms with Crippen molar-refractivity contribution < 1.29 is 18.9 Å². The summed E-state index contributed by atoms with van der Waals surface area (Å²) in [6, 6.07) is 17.0. The number of hydrogen-bond acceptors (Lipinski definition) is 10. The Balaban J connectivity index is 1.42. The molecule has 10 heteroatoms. The first-order valence-corrected chi connectivity index (χ1v) is 10.3. The zero-order valence-corrected chi connectivity index (χ0v) is 19.0. The van der Waals surface area contributed by atoms with Gasteiger partial charge in [-0.15, -0.1) is 0 Å². The maximum Gasteiger partial charge on any atom is 0.232 e. The lowest BCUT2D eigenvalue weighted by atomic mass is 10.2. The van der Waals surface area contributed by atoms with Gasteiger partial charge in [0.25, 0.3) is 0 Å². The number of nitrogens with one attached hydrogen (secondary N) is 2. The Kier molecular flexibility index (Phi) is 7.19. The molecular formula is C24H24N6O4. The first kappa shape index (κ1) is 22.6. The van der Waals surface area contributed by atoms with Crippen LogP contribution in [0.1, 0.15) is 5.56 Å². The van der Waals surface area contributed by atoms with Crippen molar-refractivity contribution in [3.05, 3.63) is 72.7 Å². The van der Waals surface area contributed by atoms with Crippen LogP contribution >= 0.6 is 0 Å². The molecule has 174 valence electrons. The highest BCUT2D eigenvalue weighted by Gasteiger charge is 2.14. The number of pyridine rings is 1. The Hall–Kier alpha value is -4.60. The fraction of sp³-hybridized carbons (Fsp3) is 0.167. The van der Waals surface area contributed by atoms with Crippen LogP contribution < -0.4 is 29.6 Å². The summed E-state index contributed by atoms with van der Waals surface area (Å²) in [5.41, 5.74) is 2.44. The summed E-state index contributed by atoms with van der Waals surface area (Å²) in [7, 11) is 4.66. The molecule has 0 saturated heterocycles. The highest BCUT2D eigenvalue weighted by Crippen LogP contribution is 2.40. The largest absolute Gasteiger partial charge is 0.493 e. The summed E-state index contributed by atoms with van der Waals surface area (Å²) < 4.78 is 21.8. The summed E-state index contributed by atoms with van der Waals surface area (Å²) in [6.45, 7) is 0.448. The average Bonchev–Trinajstić information content (AvgIpc) is 2.88. The number of rotatable bonds is 10. The average molecular weight is 460 g/mol. The standard InChI is InChI=1S/C24H24N6O4/c1-31-19-11-18(12-20(32-2)22(19)33-3)29-24-27-15-26-23(30-24)28-17-9-10-21(25-13-17)34-14-16-7-5-4-6-8-16/h4-13,15H,14H2,1-3H3,(H2,26,27,28,29,30). The fourth-order valence-electron chi connectivity index (χ4n) is 3.10. The van der Waals surface area contributed by atoms with Crippen LogP contribution in [0.3, 0.4) is 0 Å². The lowest BCUT2D eigenvalue weighted by molar-refractivity contribution is 0.294. The molecule has 0 radical (unpaired) electrons. The van der Waals surface area contributed by atoms with Crippen LogP contribution in [-0.4, -0.2) is 41.3 Å². The Labute approximate surface area is 196 Å². The van der Waals surface area contributed by atoms with Gasteiger partial charge in [0, 0.05) is 23.9 Å². The van der Waals surface area contributed by atoms with Crippen molar-refractivity contribution in [2.45, 2.75) is 6.61 Å². The maximum absolute atomic E-state index is 5.72. The van der Waals surface area contributed by atoms with E-state index in [4.69, 9.17) is 18.9 Å². The minimum absolute atomic E-state index is 0.336. The van der Waals surface area contributed by atoms with Gasteiger partial charge in [0.05, 0.1) is 33.2 Å². The normalized spacial score (nSPS) is 10.3. The lowest BCUT2D eigenvalue weighted by Gasteiger charge is -2.14. The summed E-state index contributed by atoms with van der Waals surface area (Å²) >= 11 is 0. The number of benzene rings is 2. The summed E-state index contributed by atoms with van der Waals surface area (Å²) in [4.78, 5) is 17.1. The second-order valence-corrected chi connectivity index (χ2v) is 6.96. The van der Waals surface area contributed by atoms with E-state index >= 15 is 0 Å². The molecule has 0 bridgehead atoms. The van der Waals surface area contributed by atoms with Crippen molar-refractivity contribution in [2.24, 2.45) is 0 Å². The highest BCUT2D eigenvalue weighted by molar-refractivity contribution is 5.66. The van der Waals surface area contributed by atoms with Gasteiger partial charge in [-0.25, -0.2) is 15.0 Å². The molecule has 0 atom stereocenters. The number of methoxy groups -OCH3 is 3. The van der Waals surface area contributed by atoms with Crippen LogP contribution in [0, 0.1) is 0 Å². The van der Waals surface area contributed by atoms with Crippen molar-refractivity contribution in [1.82, 2.24) is 19.9 Å². The second-order valence-electron chi connectivity index (χ2n) is 6.96. The first-order valence-electron chi connectivity index (χ1n) is 10.3. The molecule has 2 heterocycles. The van der Waals surface area contributed by atoms with E-state index in [2.05, 4.69) is 30.6 Å². The Morgan fingerprint density at radius 3 is 2.00 bits per heavy atom. The summed E-state index contributed by atoms with van der Waals surface area (Å²) in [5.74, 6) is 2.73. The van der Waals surface area contributed by atoms with Gasteiger partial charge in [0.15, 0.2) is 11.5 Å². The second kappa shape index (κ2) is 10.8. The van der Waals surface area contributed by atoms with Crippen LogP contribution in [0.25, 0.3) is 0 Å². The number of hydrogen-bond donors (Lipinski definition) is 2. The Morgan fingerprint density at radius 2 is 1.41 bits per heavy atom. The van der Waals surface area contributed by atoms with Crippen LogP contribution in [0.15, 0.2) is 67.1 Å². The number of ether oxygens (including phenoxy) is 4. The molecule has 2 aromatic carbocycles. The predicted molar refractivity (Wildman–Crippen MR) is 128 cm³/mol.